The lowest BCUT2D eigenvalue weighted by Gasteiger charge is -2.10. The summed E-state index contributed by atoms with van der Waals surface area (Å²) in [7, 11) is 5.37. The first kappa shape index (κ1) is 15.1. The van der Waals surface area contributed by atoms with Gasteiger partial charge in [0.2, 0.25) is 0 Å². The second kappa shape index (κ2) is 6.41. The van der Waals surface area contributed by atoms with Crippen molar-refractivity contribution in [2.75, 3.05) is 34.3 Å². The van der Waals surface area contributed by atoms with E-state index in [-0.39, 0.29) is 5.76 Å². The quantitative estimate of drug-likeness (QED) is 0.892. The molecule has 0 spiro atoms. The van der Waals surface area contributed by atoms with Crippen LogP contribution in [0.25, 0.3) is 10.8 Å². The normalized spacial score (nSPS) is 10.9. The minimum absolute atomic E-state index is 0.000454. The lowest BCUT2D eigenvalue weighted by atomic mass is 10.1. The highest BCUT2D eigenvalue weighted by atomic mass is 16.5. The molecule has 6 heteroatoms. The fourth-order valence-electron chi connectivity index (χ4n) is 1.89. The zero-order chi connectivity index (χ0) is 15.4. The number of hydrogen-bond donors (Lipinski definition) is 1. The van der Waals surface area contributed by atoms with Crippen LogP contribution in [-0.2, 0) is 0 Å². The SMILES string of the molecule is COc1ccc2c(=O)oc(C(=O)NCCN(C)C)cc2c1. The number of nitrogens with zero attached hydrogens (tertiary/aromatic N) is 1. The molecule has 1 N–H and O–H groups in total. The van der Waals surface area contributed by atoms with E-state index in [0.717, 1.165) is 0 Å². The van der Waals surface area contributed by atoms with E-state index < -0.39 is 11.5 Å². The van der Waals surface area contributed by atoms with Crippen LogP contribution in [0.15, 0.2) is 33.5 Å². The molecule has 1 aromatic carbocycles. The molecule has 0 bridgehead atoms. The van der Waals surface area contributed by atoms with Crippen molar-refractivity contribution in [3.05, 3.63) is 40.4 Å². The molecule has 1 amide bonds. The third-order valence-electron chi connectivity index (χ3n) is 3.04. The lowest BCUT2D eigenvalue weighted by Crippen LogP contribution is -2.31. The molecule has 1 aromatic heterocycles. The van der Waals surface area contributed by atoms with Crippen molar-refractivity contribution in [3.8, 4) is 5.75 Å². The van der Waals surface area contributed by atoms with Gasteiger partial charge in [-0.15, -0.1) is 0 Å². The van der Waals surface area contributed by atoms with Gasteiger partial charge in [-0.3, -0.25) is 4.79 Å². The summed E-state index contributed by atoms with van der Waals surface area (Å²) in [6.07, 6.45) is 0. The van der Waals surface area contributed by atoms with Crippen molar-refractivity contribution < 1.29 is 13.9 Å². The van der Waals surface area contributed by atoms with Crippen LogP contribution in [0.4, 0.5) is 0 Å². The Morgan fingerprint density at radius 1 is 1.33 bits per heavy atom. The number of likely N-dealkylation sites (N-methyl/N-ethyl adjacent to an activating group) is 1. The van der Waals surface area contributed by atoms with Crippen LogP contribution in [0.1, 0.15) is 10.6 Å². The number of amides is 1. The van der Waals surface area contributed by atoms with Crippen LogP contribution in [0.3, 0.4) is 0 Å². The molecule has 2 rings (SSSR count). The van der Waals surface area contributed by atoms with Crippen LogP contribution < -0.4 is 15.7 Å². The number of ether oxygens (including phenoxy) is 1. The largest absolute Gasteiger partial charge is 0.497 e. The van der Waals surface area contributed by atoms with Crippen molar-refractivity contribution in [2.45, 2.75) is 0 Å². The van der Waals surface area contributed by atoms with Crippen molar-refractivity contribution in [1.82, 2.24) is 10.2 Å². The first-order valence-corrected chi connectivity index (χ1v) is 6.56. The number of nitrogens with one attached hydrogen (secondary N) is 1. The molecule has 0 radical (unpaired) electrons. The van der Waals surface area contributed by atoms with E-state index in [0.29, 0.717) is 29.6 Å². The van der Waals surface area contributed by atoms with E-state index in [9.17, 15) is 9.59 Å². The first-order chi connectivity index (χ1) is 10.0. The van der Waals surface area contributed by atoms with E-state index in [1.54, 1.807) is 31.4 Å². The maximum atomic E-state index is 12.0. The van der Waals surface area contributed by atoms with Gasteiger partial charge < -0.3 is 19.4 Å². The molecule has 0 aliphatic carbocycles. The van der Waals surface area contributed by atoms with Gasteiger partial charge in [-0.1, -0.05) is 0 Å². The van der Waals surface area contributed by atoms with Crippen LogP contribution >= 0.6 is 0 Å². The smallest absolute Gasteiger partial charge is 0.344 e. The summed E-state index contributed by atoms with van der Waals surface area (Å²) in [4.78, 5) is 25.8. The molecule has 0 saturated heterocycles. The number of rotatable bonds is 5. The molecule has 1 heterocycles. The maximum absolute atomic E-state index is 12.0. The van der Waals surface area contributed by atoms with Gasteiger partial charge in [0.05, 0.1) is 12.5 Å². The van der Waals surface area contributed by atoms with Crippen molar-refractivity contribution >= 4 is 16.7 Å². The third-order valence-corrected chi connectivity index (χ3v) is 3.04. The maximum Gasteiger partial charge on any atom is 0.344 e. The van der Waals surface area contributed by atoms with Gasteiger partial charge >= 0.3 is 5.63 Å². The second-order valence-corrected chi connectivity index (χ2v) is 4.91. The summed E-state index contributed by atoms with van der Waals surface area (Å²) < 4.78 is 10.2. The first-order valence-electron chi connectivity index (χ1n) is 6.56. The van der Waals surface area contributed by atoms with Gasteiger partial charge in [-0.2, -0.15) is 0 Å². The summed E-state index contributed by atoms with van der Waals surface area (Å²) >= 11 is 0. The van der Waals surface area contributed by atoms with E-state index in [1.807, 2.05) is 19.0 Å². The number of carbonyl (C=O) groups excluding carboxylic acids is 1. The topological polar surface area (TPSA) is 71.8 Å². The van der Waals surface area contributed by atoms with E-state index >= 15 is 0 Å². The van der Waals surface area contributed by atoms with Gasteiger partial charge in [-0.05, 0) is 43.7 Å². The number of carbonyl (C=O) groups is 1. The average Bonchev–Trinajstić information content (AvgIpc) is 2.45. The van der Waals surface area contributed by atoms with Crippen molar-refractivity contribution in [2.24, 2.45) is 0 Å². The van der Waals surface area contributed by atoms with E-state index in [4.69, 9.17) is 9.15 Å². The second-order valence-electron chi connectivity index (χ2n) is 4.91. The summed E-state index contributed by atoms with van der Waals surface area (Å²) in [5.74, 6) is 0.213. The molecule has 0 atom stereocenters. The molecule has 112 valence electrons. The molecule has 0 unspecified atom stereocenters. The summed E-state index contributed by atoms with van der Waals surface area (Å²) in [5.41, 5.74) is -0.534. The van der Waals surface area contributed by atoms with Crippen LogP contribution in [0, 0.1) is 0 Å². The number of benzene rings is 1. The lowest BCUT2D eigenvalue weighted by molar-refractivity contribution is 0.0919. The van der Waals surface area contributed by atoms with Crippen LogP contribution in [0.2, 0.25) is 0 Å². The zero-order valence-electron chi connectivity index (χ0n) is 12.3. The molecular formula is C15H18N2O4. The Kier molecular flexibility index (Phi) is 4.59. The minimum atomic E-state index is -0.534. The highest BCUT2D eigenvalue weighted by molar-refractivity contribution is 5.95. The summed E-state index contributed by atoms with van der Waals surface area (Å²) in [5, 5.41) is 3.74. The molecule has 21 heavy (non-hydrogen) atoms. The predicted octanol–water partition coefficient (Wildman–Crippen LogP) is 1.09. The molecule has 2 aromatic rings. The van der Waals surface area contributed by atoms with Crippen LogP contribution in [0.5, 0.6) is 5.75 Å². The number of methoxy groups -OCH3 is 1. The Morgan fingerprint density at radius 3 is 2.76 bits per heavy atom. The minimum Gasteiger partial charge on any atom is -0.497 e. The number of fused-ring (bicyclic) bond motifs is 1. The predicted molar refractivity (Wildman–Crippen MR) is 79.9 cm³/mol. The van der Waals surface area contributed by atoms with Crippen molar-refractivity contribution in [1.29, 1.82) is 0 Å². The van der Waals surface area contributed by atoms with Gasteiger partial charge in [0, 0.05) is 13.1 Å². The average molecular weight is 290 g/mol. The van der Waals surface area contributed by atoms with E-state index in [1.165, 1.54) is 0 Å². The highest BCUT2D eigenvalue weighted by Gasteiger charge is 2.12. The van der Waals surface area contributed by atoms with Crippen molar-refractivity contribution in [3.63, 3.8) is 0 Å². The monoisotopic (exact) mass is 290 g/mol. The van der Waals surface area contributed by atoms with Gasteiger partial charge in [-0.25, -0.2) is 4.79 Å². The fraction of sp³-hybridized carbons (Fsp3) is 0.333. The molecule has 6 nitrogen and oxygen atoms in total. The Balaban J connectivity index is 2.28. The Hall–Kier alpha value is -2.34. The van der Waals surface area contributed by atoms with E-state index in [2.05, 4.69) is 5.32 Å². The van der Waals surface area contributed by atoms with Crippen LogP contribution in [-0.4, -0.2) is 45.1 Å². The summed E-state index contributed by atoms with van der Waals surface area (Å²) in [6.45, 7) is 1.18. The fourth-order valence-corrected chi connectivity index (χ4v) is 1.89. The van der Waals surface area contributed by atoms with Gasteiger partial charge in [0.25, 0.3) is 5.91 Å². The van der Waals surface area contributed by atoms with Gasteiger partial charge in [0.1, 0.15) is 5.75 Å². The molecular weight excluding hydrogens is 272 g/mol. The molecule has 0 aliphatic rings. The molecule has 0 saturated carbocycles. The highest BCUT2D eigenvalue weighted by Crippen LogP contribution is 2.19. The van der Waals surface area contributed by atoms with Gasteiger partial charge in [0.15, 0.2) is 5.76 Å². The Bertz CT molecular complexity index is 706. The Morgan fingerprint density at radius 2 is 2.10 bits per heavy atom. The standard InChI is InChI=1S/C15H18N2O4/c1-17(2)7-6-16-14(18)13-9-10-8-11(20-3)4-5-12(10)15(19)21-13/h4-5,8-9H,6-7H2,1-3H3,(H,16,18). The molecule has 0 aliphatic heterocycles. The summed E-state index contributed by atoms with van der Waals surface area (Å²) in [6, 6.07) is 6.54. The zero-order valence-corrected chi connectivity index (χ0v) is 12.3. The molecule has 0 fully saturated rings. The number of hydrogen-bond acceptors (Lipinski definition) is 5. The Labute approximate surface area is 122 Å². The third kappa shape index (κ3) is 3.61.